The van der Waals surface area contributed by atoms with E-state index in [0.717, 1.165) is 28.7 Å². The second-order valence-corrected chi connectivity index (χ2v) is 5.28. The highest BCUT2D eigenvalue weighted by molar-refractivity contribution is 5.99. The minimum absolute atomic E-state index is 0.0228. The molecule has 0 saturated carbocycles. The summed E-state index contributed by atoms with van der Waals surface area (Å²) >= 11 is 0. The Bertz CT molecular complexity index is 746. The van der Waals surface area contributed by atoms with Crippen LogP contribution < -0.4 is 10.9 Å². The van der Waals surface area contributed by atoms with Gasteiger partial charge in [0.1, 0.15) is 0 Å². The van der Waals surface area contributed by atoms with Crippen LogP contribution in [0.5, 0.6) is 0 Å². The lowest BCUT2D eigenvalue weighted by Gasteiger charge is -2.25. The number of rotatable bonds is 1. The molecule has 0 spiro atoms. The summed E-state index contributed by atoms with van der Waals surface area (Å²) in [7, 11) is 1.73. The number of pyridine rings is 1. The molecule has 0 fully saturated rings. The minimum Gasteiger partial charge on any atom is -0.349 e. The number of carbonyl (C=O) groups excluding carboxylic acids is 1. The van der Waals surface area contributed by atoms with Crippen LogP contribution in [0.15, 0.2) is 41.3 Å². The fourth-order valence-corrected chi connectivity index (χ4v) is 2.70. The fourth-order valence-electron chi connectivity index (χ4n) is 2.70. The minimum atomic E-state index is -0.0374. The zero-order valence-corrected chi connectivity index (χ0v) is 11.5. The number of aryl methyl sites for hydroxylation is 1. The molecule has 4 nitrogen and oxygen atoms in total. The first-order chi connectivity index (χ1) is 9.56. The smallest absolute Gasteiger partial charge is 0.251 e. The van der Waals surface area contributed by atoms with E-state index in [2.05, 4.69) is 5.32 Å². The van der Waals surface area contributed by atoms with E-state index in [1.54, 1.807) is 17.7 Å². The predicted molar refractivity (Wildman–Crippen MR) is 77.8 cm³/mol. The quantitative estimate of drug-likeness (QED) is 0.856. The van der Waals surface area contributed by atoms with Gasteiger partial charge in [0.25, 0.3) is 5.91 Å². The Labute approximate surface area is 117 Å². The first-order valence-electron chi connectivity index (χ1n) is 6.66. The number of nitrogens with zero attached hydrogens (tertiary/aromatic N) is 1. The maximum Gasteiger partial charge on any atom is 0.251 e. The molecule has 0 radical (unpaired) electrons. The molecule has 4 heteroatoms. The van der Waals surface area contributed by atoms with Gasteiger partial charge in [-0.05, 0) is 42.2 Å². The van der Waals surface area contributed by atoms with Crippen LogP contribution in [0.2, 0.25) is 0 Å². The summed E-state index contributed by atoms with van der Waals surface area (Å²) in [6.07, 6.45) is 2.62. The molecule has 2 aromatic rings. The third kappa shape index (κ3) is 2.03. The summed E-state index contributed by atoms with van der Waals surface area (Å²) in [5, 5.41) is 2.94. The summed E-state index contributed by atoms with van der Waals surface area (Å²) in [6.45, 7) is 2.00. The van der Waals surface area contributed by atoms with Gasteiger partial charge in [-0.2, -0.15) is 0 Å². The molecule has 1 N–H and O–H groups in total. The molecule has 1 aliphatic heterocycles. The van der Waals surface area contributed by atoms with Gasteiger partial charge in [-0.3, -0.25) is 9.59 Å². The Kier molecular flexibility index (Phi) is 2.93. The van der Waals surface area contributed by atoms with E-state index in [4.69, 9.17) is 0 Å². The van der Waals surface area contributed by atoms with E-state index in [1.807, 2.05) is 37.4 Å². The zero-order chi connectivity index (χ0) is 14.3. The monoisotopic (exact) mass is 268 g/mol. The van der Waals surface area contributed by atoms with E-state index < -0.39 is 0 Å². The van der Waals surface area contributed by atoms with Gasteiger partial charge in [0.05, 0.1) is 0 Å². The number of benzene rings is 1. The van der Waals surface area contributed by atoms with Crippen molar-refractivity contribution in [1.82, 2.24) is 9.88 Å². The van der Waals surface area contributed by atoms with E-state index in [1.165, 1.54) is 0 Å². The van der Waals surface area contributed by atoms with Gasteiger partial charge in [-0.1, -0.05) is 12.1 Å². The number of hydrogen-bond acceptors (Lipinski definition) is 2. The van der Waals surface area contributed by atoms with Crippen LogP contribution in [-0.4, -0.2) is 16.5 Å². The van der Waals surface area contributed by atoms with Crippen molar-refractivity contribution in [2.75, 3.05) is 0 Å². The largest absolute Gasteiger partial charge is 0.349 e. The Balaban J connectivity index is 2.20. The lowest BCUT2D eigenvalue weighted by molar-refractivity contribution is 0.0929. The summed E-state index contributed by atoms with van der Waals surface area (Å²) < 4.78 is 1.56. The van der Waals surface area contributed by atoms with Gasteiger partial charge in [-0.15, -0.1) is 0 Å². The second-order valence-electron chi connectivity index (χ2n) is 5.28. The van der Waals surface area contributed by atoms with Crippen molar-refractivity contribution >= 4 is 5.91 Å². The Morgan fingerprint density at radius 1 is 1.15 bits per heavy atom. The SMILES string of the molecule is CC1Cc2c(cccc2-c2ccc(=O)n(C)c2)C(=O)N1. The molecule has 1 atom stereocenters. The number of aromatic nitrogens is 1. The van der Waals surface area contributed by atoms with Gasteiger partial charge >= 0.3 is 0 Å². The van der Waals surface area contributed by atoms with Crippen molar-refractivity contribution in [2.24, 2.45) is 7.05 Å². The summed E-state index contributed by atoms with van der Waals surface area (Å²) in [6, 6.07) is 9.24. The number of hydrogen-bond donors (Lipinski definition) is 1. The molecule has 2 heterocycles. The van der Waals surface area contributed by atoms with E-state index in [-0.39, 0.29) is 17.5 Å². The van der Waals surface area contributed by atoms with Crippen molar-refractivity contribution < 1.29 is 4.79 Å². The molecule has 1 aromatic carbocycles. The van der Waals surface area contributed by atoms with Crippen LogP contribution in [-0.2, 0) is 13.5 Å². The molecule has 1 amide bonds. The van der Waals surface area contributed by atoms with Crippen molar-refractivity contribution in [1.29, 1.82) is 0 Å². The van der Waals surface area contributed by atoms with Crippen LogP contribution in [0.1, 0.15) is 22.8 Å². The van der Waals surface area contributed by atoms with Crippen LogP contribution in [0.3, 0.4) is 0 Å². The van der Waals surface area contributed by atoms with Crippen LogP contribution in [0.25, 0.3) is 11.1 Å². The molecule has 1 unspecified atom stereocenters. The molecule has 0 aliphatic carbocycles. The summed E-state index contributed by atoms with van der Waals surface area (Å²) in [5.41, 5.74) is 3.74. The highest BCUT2D eigenvalue weighted by Gasteiger charge is 2.23. The number of amides is 1. The van der Waals surface area contributed by atoms with Crippen molar-refractivity contribution in [2.45, 2.75) is 19.4 Å². The number of fused-ring (bicyclic) bond motifs is 1. The third-order valence-corrected chi connectivity index (χ3v) is 3.71. The van der Waals surface area contributed by atoms with Gasteiger partial charge in [0.15, 0.2) is 0 Å². The van der Waals surface area contributed by atoms with E-state index >= 15 is 0 Å². The van der Waals surface area contributed by atoms with Crippen LogP contribution >= 0.6 is 0 Å². The fraction of sp³-hybridized carbons (Fsp3) is 0.250. The van der Waals surface area contributed by atoms with Gasteiger partial charge in [-0.25, -0.2) is 0 Å². The first kappa shape index (κ1) is 12.7. The third-order valence-electron chi connectivity index (χ3n) is 3.71. The van der Waals surface area contributed by atoms with Gasteiger partial charge in [0.2, 0.25) is 5.56 Å². The molecule has 1 aromatic heterocycles. The number of carbonyl (C=O) groups is 1. The Hall–Kier alpha value is -2.36. The maximum atomic E-state index is 12.0. The molecule has 102 valence electrons. The highest BCUT2D eigenvalue weighted by Crippen LogP contribution is 2.29. The molecule has 20 heavy (non-hydrogen) atoms. The average molecular weight is 268 g/mol. The number of nitrogens with one attached hydrogen (secondary N) is 1. The molecule has 1 aliphatic rings. The Morgan fingerprint density at radius 2 is 1.90 bits per heavy atom. The van der Waals surface area contributed by atoms with Gasteiger partial charge in [0, 0.05) is 30.9 Å². The standard InChI is InChI=1S/C16H16N2O2/c1-10-8-14-12(4-3-5-13(14)16(20)17-10)11-6-7-15(19)18(2)9-11/h3-7,9-10H,8H2,1-2H3,(H,17,20). The van der Waals surface area contributed by atoms with E-state index in [0.29, 0.717) is 0 Å². The lowest BCUT2D eigenvalue weighted by atomic mass is 9.89. The molecular weight excluding hydrogens is 252 g/mol. The topological polar surface area (TPSA) is 51.1 Å². The average Bonchev–Trinajstić information content (AvgIpc) is 2.41. The van der Waals surface area contributed by atoms with Crippen molar-refractivity contribution in [3.8, 4) is 11.1 Å². The summed E-state index contributed by atoms with van der Waals surface area (Å²) in [5.74, 6) is -0.0228. The normalized spacial score (nSPS) is 17.5. The van der Waals surface area contributed by atoms with Crippen LogP contribution in [0, 0.1) is 0 Å². The molecule has 0 saturated heterocycles. The predicted octanol–water partition coefficient (Wildman–Crippen LogP) is 1.73. The second kappa shape index (κ2) is 4.63. The van der Waals surface area contributed by atoms with Crippen LogP contribution in [0.4, 0.5) is 0 Å². The summed E-state index contributed by atoms with van der Waals surface area (Å²) in [4.78, 5) is 23.5. The molecule has 0 bridgehead atoms. The van der Waals surface area contributed by atoms with Crippen molar-refractivity contribution in [3.05, 3.63) is 58.0 Å². The maximum absolute atomic E-state index is 12.0. The zero-order valence-electron chi connectivity index (χ0n) is 11.5. The van der Waals surface area contributed by atoms with E-state index in [9.17, 15) is 9.59 Å². The molecular formula is C16H16N2O2. The highest BCUT2D eigenvalue weighted by atomic mass is 16.1. The molecule has 3 rings (SSSR count). The first-order valence-corrected chi connectivity index (χ1v) is 6.66. The lowest BCUT2D eigenvalue weighted by Crippen LogP contribution is -2.39. The van der Waals surface area contributed by atoms with Gasteiger partial charge < -0.3 is 9.88 Å². The van der Waals surface area contributed by atoms with Crippen molar-refractivity contribution in [3.63, 3.8) is 0 Å². The Morgan fingerprint density at radius 3 is 2.65 bits per heavy atom.